The van der Waals surface area contributed by atoms with Crippen LogP contribution >= 0.6 is 0 Å². The lowest BCUT2D eigenvalue weighted by molar-refractivity contribution is -0.121. The quantitative estimate of drug-likeness (QED) is 0.771. The maximum Gasteiger partial charge on any atom is 0.220 e. The van der Waals surface area contributed by atoms with E-state index in [1.165, 1.54) is 43.2 Å². The fourth-order valence-electron chi connectivity index (χ4n) is 4.41. The smallest absolute Gasteiger partial charge is 0.220 e. The molecule has 0 bridgehead atoms. The van der Waals surface area contributed by atoms with Crippen LogP contribution in [-0.4, -0.2) is 37.0 Å². The first-order valence-electron chi connectivity index (χ1n) is 9.79. The molecule has 132 valence electrons. The topological polar surface area (TPSA) is 32.3 Å². The van der Waals surface area contributed by atoms with Crippen molar-refractivity contribution in [3.63, 3.8) is 0 Å². The molecule has 1 amide bonds. The lowest BCUT2D eigenvalue weighted by Gasteiger charge is -2.31. The number of nitrogens with one attached hydrogen (secondary N) is 1. The molecule has 2 aliphatic rings. The molecular weight excluding hydrogens is 296 g/mol. The first-order chi connectivity index (χ1) is 11.7. The van der Waals surface area contributed by atoms with Gasteiger partial charge >= 0.3 is 0 Å². The van der Waals surface area contributed by atoms with E-state index in [2.05, 4.69) is 41.5 Å². The minimum atomic E-state index is 0.219. The highest BCUT2D eigenvalue weighted by Gasteiger charge is 2.24. The van der Waals surface area contributed by atoms with E-state index < -0.39 is 0 Å². The van der Waals surface area contributed by atoms with Gasteiger partial charge < -0.3 is 10.2 Å². The van der Waals surface area contributed by atoms with Crippen LogP contribution in [0, 0.1) is 0 Å². The zero-order chi connectivity index (χ0) is 16.8. The molecule has 1 atom stereocenters. The van der Waals surface area contributed by atoms with Crippen molar-refractivity contribution in [2.45, 2.75) is 69.7 Å². The summed E-state index contributed by atoms with van der Waals surface area (Å²) in [6.45, 7) is 1.90. The van der Waals surface area contributed by atoms with Crippen LogP contribution in [0.2, 0.25) is 0 Å². The predicted octanol–water partition coefficient (Wildman–Crippen LogP) is 3.88. The molecule has 1 aromatic rings. The average molecular weight is 329 g/mol. The van der Waals surface area contributed by atoms with Crippen LogP contribution in [0.15, 0.2) is 24.3 Å². The minimum absolute atomic E-state index is 0.219. The number of benzene rings is 1. The van der Waals surface area contributed by atoms with Gasteiger partial charge in [0.05, 0.1) is 0 Å². The van der Waals surface area contributed by atoms with Gasteiger partial charge in [0.1, 0.15) is 0 Å². The number of carbonyl (C=O) groups is 1. The Morgan fingerprint density at radius 2 is 1.96 bits per heavy atom. The van der Waals surface area contributed by atoms with E-state index in [1.54, 1.807) is 0 Å². The average Bonchev–Trinajstić information content (AvgIpc) is 3.02. The molecule has 0 saturated heterocycles. The molecule has 3 heteroatoms. The van der Waals surface area contributed by atoms with Gasteiger partial charge in [-0.2, -0.15) is 0 Å². The van der Waals surface area contributed by atoms with Gasteiger partial charge in [-0.15, -0.1) is 0 Å². The molecule has 0 aliphatic heterocycles. The molecule has 24 heavy (non-hydrogen) atoms. The largest absolute Gasteiger partial charge is 0.356 e. The highest BCUT2D eigenvalue weighted by molar-refractivity contribution is 5.77. The summed E-state index contributed by atoms with van der Waals surface area (Å²) < 4.78 is 0. The first-order valence-corrected chi connectivity index (χ1v) is 9.79. The maximum absolute atomic E-state index is 12.2. The number of amides is 1. The number of fused-ring (bicyclic) bond motifs is 1. The van der Waals surface area contributed by atoms with E-state index in [1.807, 2.05) is 0 Å². The minimum Gasteiger partial charge on any atom is -0.356 e. The Hall–Kier alpha value is -1.35. The summed E-state index contributed by atoms with van der Waals surface area (Å²) in [6, 6.07) is 9.36. The summed E-state index contributed by atoms with van der Waals surface area (Å²) in [4.78, 5) is 14.7. The standard InChI is InChI=1S/C21H32N2O/c1-23(19-9-3-2-4-10-19)15-7-14-22-21(24)16-18-13-12-17-8-5-6-11-20(17)18/h5-6,8,11,18-19H,2-4,7,9-10,12-16H2,1H3,(H,22,24). The maximum atomic E-state index is 12.2. The van der Waals surface area contributed by atoms with Gasteiger partial charge in [0.2, 0.25) is 5.91 Å². The van der Waals surface area contributed by atoms with Crippen LogP contribution in [0.3, 0.4) is 0 Å². The van der Waals surface area contributed by atoms with Crippen molar-refractivity contribution < 1.29 is 4.79 Å². The van der Waals surface area contributed by atoms with E-state index in [0.717, 1.165) is 38.4 Å². The van der Waals surface area contributed by atoms with Crippen LogP contribution in [-0.2, 0) is 11.2 Å². The van der Waals surface area contributed by atoms with Crippen LogP contribution in [0.4, 0.5) is 0 Å². The summed E-state index contributed by atoms with van der Waals surface area (Å²) in [7, 11) is 2.24. The first kappa shape index (κ1) is 17.5. The van der Waals surface area contributed by atoms with E-state index in [4.69, 9.17) is 0 Å². The summed E-state index contributed by atoms with van der Waals surface area (Å²) in [5.74, 6) is 0.642. The molecule has 3 nitrogen and oxygen atoms in total. The van der Waals surface area contributed by atoms with Crippen molar-refractivity contribution in [3.05, 3.63) is 35.4 Å². The SMILES string of the molecule is CN(CCCNC(=O)CC1CCc2ccccc21)C1CCCCC1. The molecule has 1 unspecified atom stereocenters. The third kappa shape index (κ3) is 4.60. The van der Waals surface area contributed by atoms with Crippen LogP contribution < -0.4 is 5.32 Å². The molecule has 1 saturated carbocycles. The summed E-state index contributed by atoms with van der Waals surface area (Å²) in [5, 5.41) is 3.13. The number of nitrogens with zero attached hydrogens (tertiary/aromatic N) is 1. The van der Waals surface area contributed by atoms with Crippen molar-refractivity contribution in [2.24, 2.45) is 0 Å². The molecular formula is C21H32N2O. The van der Waals surface area contributed by atoms with Crippen LogP contribution in [0.5, 0.6) is 0 Å². The highest BCUT2D eigenvalue weighted by atomic mass is 16.1. The van der Waals surface area contributed by atoms with E-state index in [0.29, 0.717) is 12.3 Å². The second kappa shape index (κ2) is 8.66. The number of carbonyl (C=O) groups excluding carboxylic acids is 1. The van der Waals surface area contributed by atoms with E-state index in [9.17, 15) is 4.79 Å². The molecule has 1 fully saturated rings. The molecule has 1 N–H and O–H groups in total. The number of hydrogen-bond acceptors (Lipinski definition) is 2. The summed E-state index contributed by atoms with van der Waals surface area (Å²) in [6.07, 6.45) is 10.8. The zero-order valence-electron chi connectivity index (χ0n) is 15.1. The van der Waals surface area contributed by atoms with Crippen molar-refractivity contribution in [1.82, 2.24) is 10.2 Å². The Balaban J connectivity index is 1.33. The molecule has 0 aromatic heterocycles. The third-order valence-electron chi connectivity index (χ3n) is 5.90. The Labute approximate surface area is 146 Å². The Bertz CT molecular complexity index is 536. The summed E-state index contributed by atoms with van der Waals surface area (Å²) >= 11 is 0. The Morgan fingerprint density at radius 1 is 1.17 bits per heavy atom. The highest BCUT2D eigenvalue weighted by Crippen LogP contribution is 2.35. The molecule has 0 spiro atoms. The van der Waals surface area contributed by atoms with E-state index in [-0.39, 0.29) is 5.91 Å². The van der Waals surface area contributed by atoms with Crippen LogP contribution in [0.1, 0.15) is 68.4 Å². The molecule has 2 aliphatic carbocycles. The Kier molecular flexibility index (Phi) is 6.30. The van der Waals surface area contributed by atoms with E-state index >= 15 is 0 Å². The second-order valence-corrected chi connectivity index (χ2v) is 7.61. The number of rotatable bonds is 7. The van der Waals surface area contributed by atoms with Crippen molar-refractivity contribution >= 4 is 5.91 Å². The van der Waals surface area contributed by atoms with Crippen molar-refractivity contribution in [3.8, 4) is 0 Å². The second-order valence-electron chi connectivity index (χ2n) is 7.61. The van der Waals surface area contributed by atoms with Gasteiger partial charge in [0.15, 0.2) is 0 Å². The van der Waals surface area contributed by atoms with Gasteiger partial charge in [-0.1, -0.05) is 43.5 Å². The monoisotopic (exact) mass is 328 g/mol. The number of hydrogen-bond donors (Lipinski definition) is 1. The normalized spacial score (nSPS) is 21.0. The van der Waals surface area contributed by atoms with Gasteiger partial charge in [0.25, 0.3) is 0 Å². The molecule has 0 heterocycles. The third-order valence-corrected chi connectivity index (χ3v) is 5.90. The Morgan fingerprint density at radius 3 is 2.79 bits per heavy atom. The zero-order valence-corrected chi connectivity index (χ0v) is 15.1. The predicted molar refractivity (Wildman–Crippen MR) is 99.3 cm³/mol. The van der Waals surface area contributed by atoms with Crippen LogP contribution in [0.25, 0.3) is 0 Å². The lowest BCUT2D eigenvalue weighted by Crippen LogP contribution is -2.36. The van der Waals surface area contributed by atoms with Gasteiger partial charge in [-0.05, 0) is 62.7 Å². The lowest BCUT2D eigenvalue weighted by atomic mass is 9.94. The summed E-state index contributed by atoms with van der Waals surface area (Å²) in [5.41, 5.74) is 2.83. The molecule has 1 aromatic carbocycles. The van der Waals surface area contributed by atoms with Crippen molar-refractivity contribution in [2.75, 3.05) is 20.1 Å². The molecule has 0 radical (unpaired) electrons. The number of aryl methyl sites for hydroxylation is 1. The fourth-order valence-corrected chi connectivity index (χ4v) is 4.41. The van der Waals surface area contributed by atoms with Gasteiger partial charge in [-0.25, -0.2) is 0 Å². The fraction of sp³-hybridized carbons (Fsp3) is 0.667. The van der Waals surface area contributed by atoms with Gasteiger partial charge in [-0.3, -0.25) is 4.79 Å². The van der Waals surface area contributed by atoms with Gasteiger partial charge in [0, 0.05) is 19.0 Å². The van der Waals surface area contributed by atoms with Crippen molar-refractivity contribution in [1.29, 1.82) is 0 Å². The molecule has 3 rings (SSSR count).